The second-order valence-corrected chi connectivity index (χ2v) is 5.91. The average Bonchev–Trinajstić information content (AvgIpc) is 2.51. The van der Waals surface area contributed by atoms with Crippen LogP contribution in [0.2, 0.25) is 0 Å². The lowest BCUT2D eigenvalue weighted by Crippen LogP contribution is -2.09. The third-order valence-electron chi connectivity index (χ3n) is 2.62. The van der Waals surface area contributed by atoms with Crippen molar-refractivity contribution in [2.24, 2.45) is 0 Å². The first-order valence-corrected chi connectivity index (χ1v) is 7.20. The van der Waals surface area contributed by atoms with Crippen LogP contribution in [0.1, 0.15) is 5.56 Å². The first kappa shape index (κ1) is 16.4. The van der Waals surface area contributed by atoms with Gasteiger partial charge in [-0.2, -0.15) is 0 Å². The van der Waals surface area contributed by atoms with Gasteiger partial charge in [0.15, 0.2) is 0 Å². The highest BCUT2D eigenvalue weighted by molar-refractivity contribution is 7.62. The minimum Gasteiger partial charge on any atom is -0.503 e. The lowest BCUT2D eigenvalue weighted by molar-refractivity contribution is -0.133. The quantitative estimate of drug-likeness (QED) is 0.346. The van der Waals surface area contributed by atoms with E-state index in [1.165, 1.54) is 34.7 Å². The zero-order valence-corrected chi connectivity index (χ0v) is 12.7. The molecule has 0 aromatic heterocycles. The molecule has 20 heavy (non-hydrogen) atoms. The Balaban J connectivity index is 3.16. The molecule has 0 aliphatic heterocycles. The van der Waals surface area contributed by atoms with Gasteiger partial charge in [0.25, 0.3) is 0 Å². The van der Waals surface area contributed by atoms with E-state index in [0.29, 0.717) is 10.9 Å². The van der Waals surface area contributed by atoms with Crippen molar-refractivity contribution in [3.63, 3.8) is 0 Å². The summed E-state index contributed by atoms with van der Waals surface area (Å²) in [5.74, 6) is -0.527. The number of carbonyl (C=O) groups excluding carboxylic acids is 1. The SMILES string of the molecule is CO/C=C(/C(=O)OC)c1ccc(P(=O)(OC)OC)cc1. The van der Waals surface area contributed by atoms with Crippen molar-refractivity contribution in [2.45, 2.75) is 0 Å². The maximum Gasteiger partial charge on any atom is 0.360 e. The Bertz CT molecular complexity index is 526. The minimum absolute atomic E-state index is 0.256. The molecule has 0 aliphatic carbocycles. The van der Waals surface area contributed by atoms with E-state index < -0.39 is 13.6 Å². The maximum absolute atomic E-state index is 12.2. The molecule has 0 aliphatic rings. The van der Waals surface area contributed by atoms with Gasteiger partial charge in [-0.25, -0.2) is 4.79 Å². The topological polar surface area (TPSA) is 71.1 Å². The highest BCUT2D eigenvalue weighted by Crippen LogP contribution is 2.44. The van der Waals surface area contributed by atoms with E-state index in [4.69, 9.17) is 13.8 Å². The fourth-order valence-corrected chi connectivity index (χ4v) is 2.66. The van der Waals surface area contributed by atoms with E-state index >= 15 is 0 Å². The zero-order valence-electron chi connectivity index (χ0n) is 11.8. The molecule has 0 bridgehead atoms. The van der Waals surface area contributed by atoms with Crippen LogP contribution in [0.5, 0.6) is 0 Å². The van der Waals surface area contributed by atoms with Gasteiger partial charge in [-0.15, -0.1) is 0 Å². The molecule has 0 radical (unpaired) electrons. The first-order chi connectivity index (χ1) is 9.52. The number of hydrogen-bond donors (Lipinski definition) is 0. The van der Waals surface area contributed by atoms with Crippen LogP contribution >= 0.6 is 7.60 Å². The minimum atomic E-state index is -3.30. The predicted molar refractivity (Wildman–Crippen MR) is 74.7 cm³/mol. The fraction of sp³-hybridized carbons (Fsp3) is 0.308. The van der Waals surface area contributed by atoms with Gasteiger partial charge in [0.1, 0.15) is 5.57 Å². The molecule has 6 nitrogen and oxygen atoms in total. The normalized spacial score (nSPS) is 12.1. The Hall–Kier alpha value is -1.62. The molecular formula is C13H17O6P. The van der Waals surface area contributed by atoms with E-state index in [-0.39, 0.29) is 5.57 Å². The van der Waals surface area contributed by atoms with Crippen LogP contribution in [0.25, 0.3) is 5.57 Å². The average molecular weight is 300 g/mol. The van der Waals surface area contributed by atoms with Crippen molar-refractivity contribution in [3.05, 3.63) is 36.1 Å². The van der Waals surface area contributed by atoms with E-state index in [9.17, 15) is 9.36 Å². The van der Waals surface area contributed by atoms with Gasteiger partial charge in [-0.3, -0.25) is 4.57 Å². The van der Waals surface area contributed by atoms with Crippen molar-refractivity contribution in [2.75, 3.05) is 28.4 Å². The molecule has 1 aromatic rings. The molecule has 0 amide bonds. The Morgan fingerprint density at radius 1 is 1.05 bits per heavy atom. The summed E-state index contributed by atoms with van der Waals surface area (Å²) in [5, 5.41) is 0.396. The third kappa shape index (κ3) is 3.48. The molecule has 0 heterocycles. The van der Waals surface area contributed by atoms with Gasteiger partial charge in [0, 0.05) is 14.2 Å². The Kier molecular flexibility index (Phi) is 5.95. The molecule has 1 rings (SSSR count). The van der Waals surface area contributed by atoms with Crippen LogP contribution in [0, 0.1) is 0 Å². The first-order valence-electron chi connectivity index (χ1n) is 5.66. The highest BCUT2D eigenvalue weighted by atomic mass is 31.2. The maximum atomic E-state index is 12.2. The summed E-state index contributed by atoms with van der Waals surface area (Å²) in [4.78, 5) is 11.6. The lowest BCUT2D eigenvalue weighted by atomic mass is 10.1. The van der Waals surface area contributed by atoms with Gasteiger partial charge in [0.2, 0.25) is 0 Å². The Morgan fingerprint density at radius 3 is 2.00 bits per heavy atom. The third-order valence-corrected chi connectivity index (χ3v) is 4.51. The molecule has 0 unspecified atom stereocenters. The number of carbonyl (C=O) groups is 1. The molecule has 110 valence electrons. The Labute approximate surface area is 117 Å². The molecule has 0 atom stereocenters. The number of hydrogen-bond acceptors (Lipinski definition) is 6. The summed E-state index contributed by atoms with van der Waals surface area (Å²) in [6, 6.07) is 6.36. The number of rotatable bonds is 6. The second-order valence-electron chi connectivity index (χ2n) is 3.67. The molecule has 0 fully saturated rings. The molecule has 7 heteroatoms. The van der Waals surface area contributed by atoms with Crippen LogP contribution in [0.15, 0.2) is 30.5 Å². The molecule has 0 spiro atoms. The number of esters is 1. The van der Waals surface area contributed by atoms with E-state index in [2.05, 4.69) is 4.74 Å². The number of benzene rings is 1. The number of ether oxygens (including phenoxy) is 2. The van der Waals surface area contributed by atoms with Crippen LogP contribution in [0.3, 0.4) is 0 Å². The van der Waals surface area contributed by atoms with Gasteiger partial charge in [0.05, 0.1) is 25.8 Å². The summed E-state index contributed by atoms with van der Waals surface area (Å²) in [6.07, 6.45) is 1.28. The van der Waals surface area contributed by atoms with Crippen molar-refractivity contribution in [1.29, 1.82) is 0 Å². The van der Waals surface area contributed by atoms with Gasteiger partial charge in [-0.05, 0) is 17.7 Å². The van der Waals surface area contributed by atoms with E-state index in [1.807, 2.05) is 0 Å². The summed E-state index contributed by atoms with van der Waals surface area (Å²) in [6.45, 7) is 0. The smallest absolute Gasteiger partial charge is 0.360 e. The van der Waals surface area contributed by atoms with E-state index in [0.717, 1.165) is 0 Å². The monoisotopic (exact) mass is 300 g/mol. The molecule has 0 saturated heterocycles. The summed E-state index contributed by atoms with van der Waals surface area (Å²) in [7, 11) is 2.03. The highest BCUT2D eigenvalue weighted by Gasteiger charge is 2.24. The van der Waals surface area contributed by atoms with Crippen molar-refractivity contribution < 1.29 is 27.9 Å². The molecular weight excluding hydrogens is 283 g/mol. The predicted octanol–water partition coefficient (Wildman–Crippen LogP) is 1.96. The van der Waals surface area contributed by atoms with E-state index in [1.54, 1.807) is 24.3 Å². The van der Waals surface area contributed by atoms with Gasteiger partial charge in [-0.1, -0.05) is 12.1 Å². The lowest BCUT2D eigenvalue weighted by Gasteiger charge is -2.14. The van der Waals surface area contributed by atoms with Crippen molar-refractivity contribution >= 4 is 24.4 Å². The van der Waals surface area contributed by atoms with Crippen molar-refractivity contribution in [1.82, 2.24) is 0 Å². The zero-order chi connectivity index (χ0) is 15.2. The van der Waals surface area contributed by atoms with Crippen LogP contribution in [-0.4, -0.2) is 34.4 Å². The summed E-state index contributed by atoms with van der Waals surface area (Å²) >= 11 is 0. The standard InChI is InChI=1S/C13H17O6P/c1-16-9-12(13(14)17-2)10-5-7-11(8-6-10)20(15,18-3)19-4/h5-9H,1-4H3/b12-9+. The largest absolute Gasteiger partial charge is 0.503 e. The fourth-order valence-electron chi connectivity index (χ4n) is 1.57. The summed E-state index contributed by atoms with van der Waals surface area (Å²) < 4.78 is 31.5. The Morgan fingerprint density at radius 2 is 1.60 bits per heavy atom. The van der Waals surface area contributed by atoms with Crippen LogP contribution in [0.4, 0.5) is 0 Å². The van der Waals surface area contributed by atoms with Gasteiger partial charge < -0.3 is 18.5 Å². The van der Waals surface area contributed by atoms with Crippen molar-refractivity contribution in [3.8, 4) is 0 Å². The molecule has 0 saturated carbocycles. The number of methoxy groups -OCH3 is 2. The van der Waals surface area contributed by atoms with Crippen LogP contribution in [-0.2, 0) is 27.9 Å². The molecule has 0 N–H and O–H groups in total. The van der Waals surface area contributed by atoms with Crippen LogP contribution < -0.4 is 5.30 Å². The second kappa shape index (κ2) is 7.24. The molecule has 1 aromatic carbocycles. The van der Waals surface area contributed by atoms with Gasteiger partial charge >= 0.3 is 13.6 Å². The summed E-state index contributed by atoms with van der Waals surface area (Å²) in [5.41, 5.74) is 0.826.